The minimum atomic E-state index is -3.75. The second-order valence-electron chi connectivity index (χ2n) is 4.51. The summed E-state index contributed by atoms with van der Waals surface area (Å²) in [6, 6.07) is 13.3. The zero-order chi connectivity index (χ0) is 14.7. The number of hydrogen-bond acceptors (Lipinski definition) is 5. The van der Waals surface area contributed by atoms with Crippen molar-refractivity contribution in [2.24, 2.45) is 0 Å². The molecule has 0 saturated heterocycles. The normalized spacial score (nSPS) is 13.9. The van der Waals surface area contributed by atoms with E-state index >= 15 is 0 Å². The Morgan fingerprint density at radius 1 is 0.952 bits per heavy atom. The van der Waals surface area contributed by atoms with Crippen LogP contribution in [0.5, 0.6) is 11.5 Å². The van der Waals surface area contributed by atoms with Crippen molar-refractivity contribution in [3.8, 4) is 11.5 Å². The molecule has 0 aliphatic carbocycles. The van der Waals surface area contributed by atoms with Crippen LogP contribution in [-0.4, -0.2) is 21.6 Å². The van der Waals surface area contributed by atoms with Crippen molar-refractivity contribution >= 4 is 10.1 Å². The Labute approximate surface area is 123 Å². The van der Waals surface area contributed by atoms with Gasteiger partial charge in [-0.2, -0.15) is 8.42 Å². The zero-order valence-electron chi connectivity index (χ0n) is 11.2. The molecule has 0 aromatic heterocycles. The van der Waals surface area contributed by atoms with E-state index in [0.29, 0.717) is 30.3 Å². The molecule has 1 aliphatic heterocycles. The van der Waals surface area contributed by atoms with E-state index in [2.05, 4.69) is 0 Å². The molecule has 0 bridgehead atoms. The smallest absolute Gasteiger partial charge is 0.297 e. The van der Waals surface area contributed by atoms with Gasteiger partial charge in [0.25, 0.3) is 10.1 Å². The molecule has 0 spiro atoms. The van der Waals surface area contributed by atoms with Crippen molar-refractivity contribution in [3.63, 3.8) is 0 Å². The van der Waals surface area contributed by atoms with Gasteiger partial charge in [0.2, 0.25) is 0 Å². The van der Waals surface area contributed by atoms with Crippen molar-refractivity contribution < 1.29 is 22.1 Å². The fourth-order valence-corrected chi connectivity index (χ4v) is 2.90. The molecule has 3 rings (SSSR count). The maximum absolute atomic E-state index is 12.0. The first-order chi connectivity index (χ1) is 10.1. The maximum atomic E-state index is 12.0. The molecule has 0 amide bonds. The van der Waals surface area contributed by atoms with Crippen LogP contribution in [0.15, 0.2) is 53.4 Å². The third-order valence-electron chi connectivity index (χ3n) is 3.02. The standard InChI is InChI=1S/C15H14O5S/c16-21(17,13-4-2-1-3-5-13)20-11-12-6-7-14-15(10-12)19-9-8-18-14/h1-7,10H,8-9,11H2. The predicted molar refractivity (Wildman–Crippen MR) is 75.8 cm³/mol. The van der Waals surface area contributed by atoms with Gasteiger partial charge in [0.15, 0.2) is 11.5 Å². The summed E-state index contributed by atoms with van der Waals surface area (Å²) in [7, 11) is -3.75. The summed E-state index contributed by atoms with van der Waals surface area (Å²) in [4.78, 5) is 0.141. The van der Waals surface area contributed by atoms with Crippen LogP contribution < -0.4 is 9.47 Å². The Hall–Kier alpha value is -2.05. The molecule has 21 heavy (non-hydrogen) atoms. The van der Waals surface area contributed by atoms with Crippen LogP contribution >= 0.6 is 0 Å². The second-order valence-corrected chi connectivity index (χ2v) is 6.12. The van der Waals surface area contributed by atoms with Crippen molar-refractivity contribution in [2.75, 3.05) is 13.2 Å². The number of ether oxygens (including phenoxy) is 2. The van der Waals surface area contributed by atoms with Gasteiger partial charge >= 0.3 is 0 Å². The van der Waals surface area contributed by atoms with E-state index in [1.807, 2.05) is 0 Å². The van der Waals surface area contributed by atoms with E-state index in [9.17, 15) is 8.42 Å². The summed E-state index contributed by atoms with van der Waals surface area (Å²) in [6.45, 7) is 0.957. The third kappa shape index (κ3) is 3.17. The minimum absolute atomic E-state index is 0.0478. The van der Waals surface area contributed by atoms with Crippen LogP contribution in [0.4, 0.5) is 0 Å². The lowest BCUT2D eigenvalue weighted by atomic mass is 10.2. The fraction of sp³-hybridized carbons (Fsp3) is 0.200. The molecule has 0 atom stereocenters. The number of rotatable bonds is 4. The second kappa shape index (κ2) is 5.75. The van der Waals surface area contributed by atoms with E-state index in [1.165, 1.54) is 12.1 Å². The molecule has 0 saturated carbocycles. The van der Waals surface area contributed by atoms with Crippen LogP contribution in [0.2, 0.25) is 0 Å². The van der Waals surface area contributed by atoms with E-state index in [1.54, 1.807) is 36.4 Å². The first kappa shape index (κ1) is 13.9. The number of hydrogen-bond donors (Lipinski definition) is 0. The molecular weight excluding hydrogens is 292 g/mol. The highest BCUT2D eigenvalue weighted by Crippen LogP contribution is 2.31. The highest BCUT2D eigenvalue weighted by Gasteiger charge is 2.16. The Bertz CT molecular complexity index is 725. The average Bonchev–Trinajstić information content (AvgIpc) is 2.54. The number of fused-ring (bicyclic) bond motifs is 1. The molecule has 6 heteroatoms. The van der Waals surface area contributed by atoms with E-state index in [4.69, 9.17) is 13.7 Å². The van der Waals surface area contributed by atoms with Crippen LogP contribution in [0.3, 0.4) is 0 Å². The average molecular weight is 306 g/mol. The lowest BCUT2D eigenvalue weighted by Gasteiger charge is -2.18. The summed E-state index contributed by atoms with van der Waals surface area (Å²) in [5.74, 6) is 1.27. The van der Waals surface area contributed by atoms with Gasteiger partial charge in [0.1, 0.15) is 13.2 Å². The van der Waals surface area contributed by atoms with E-state index < -0.39 is 10.1 Å². The third-order valence-corrected chi connectivity index (χ3v) is 4.30. The molecule has 0 N–H and O–H groups in total. The quantitative estimate of drug-likeness (QED) is 0.812. The lowest BCUT2D eigenvalue weighted by molar-refractivity contribution is 0.171. The van der Waals surface area contributed by atoms with Gasteiger partial charge in [-0.05, 0) is 29.8 Å². The maximum Gasteiger partial charge on any atom is 0.297 e. The molecule has 2 aromatic carbocycles. The molecule has 0 fully saturated rings. The topological polar surface area (TPSA) is 61.8 Å². The molecule has 2 aromatic rings. The monoisotopic (exact) mass is 306 g/mol. The van der Waals surface area contributed by atoms with Crippen LogP contribution in [0.25, 0.3) is 0 Å². The lowest BCUT2D eigenvalue weighted by Crippen LogP contribution is -2.15. The Balaban J connectivity index is 1.73. The Kier molecular flexibility index (Phi) is 3.81. The first-order valence-corrected chi connectivity index (χ1v) is 7.89. The first-order valence-electron chi connectivity index (χ1n) is 6.48. The number of benzene rings is 2. The molecule has 5 nitrogen and oxygen atoms in total. The van der Waals surface area contributed by atoms with Crippen molar-refractivity contribution in [1.29, 1.82) is 0 Å². The van der Waals surface area contributed by atoms with Gasteiger partial charge in [0, 0.05) is 0 Å². The highest BCUT2D eigenvalue weighted by molar-refractivity contribution is 7.86. The largest absolute Gasteiger partial charge is 0.486 e. The molecule has 0 unspecified atom stereocenters. The highest BCUT2D eigenvalue weighted by atomic mass is 32.2. The Morgan fingerprint density at radius 3 is 2.43 bits per heavy atom. The van der Waals surface area contributed by atoms with E-state index in [0.717, 1.165) is 0 Å². The molecule has 1 heterocycles. The zero-order valence-corrected chi connectivity index (χ0v) is 12.0. The van der Waals surface area contributed by atoms with Crippen molar-refractivity contribution in [1.82, 2.24) is 0 Å². The van der Waals surface area contributed by atoms with Gasteiger partial charge in [-0.15, -0.1) is 0 Å². The summed E-state index contributed by atoms with van der Waals surface area (Å²) in [6.07, 6.45) is 0. The summed E-state index contributed by atoms with van der Waals surface area (Å²) in [5.41, 5.74) is 0.707. The van der Waals surface area contributed by atoms with Gasteiger partial charge in [-0.25, -0.2) is 0 Å². The van der Waals surface area contributed by atoms with Crippen molar-refractivity contribution in [2.45, 2.75) is 11.5 Å². The molecule has 0 radical (unpaired) electrons. The van der Waals surface area contributed by atoms with Crippen LogP contribution in [0, 0.1) is 0 Å². The van der Waals surface area contributed by atoms with Crippen LogP contribution in [0.1, 0.15) is 5.56 Å². The Morgan fingerprint density at radius 2 is 1.67 bits per heavy atom. The van der Waals surface area contributed by atoms with E-state index in [-0.39, 0.29) is 11.5 Å². The summed E-state index contributed by atoms with van der Waals surface area (Å²) in [5, 5.41) is 0. The molecule has 110 valence electrons. The van der Waals surface area contributed by atoms with Gasteiger partial charge in [0.05, 0.1) is 11.5 Å². The summed E-state index contributed by atoms with van der Waals surface area (Å²) < 4.78 is 40.0. The molecule has 1 aliphatic rings. The summed E-state index contributed by atoms with van der Waals surface area (Å²) >= 11 is 0. The SMILES string of the molecule is O=S(=O)(OCc1ccc2c(c1)OCCO2)c1ccccc1. The van der Waals surface area contributed by atoms with Crippen molar-refractivity contribution in [3.05, 3.63) is 54.1 Å². The fourth-order valence-electron chi connectivity index (χ4n) is 1.98. The van der Waals surface area contributed by atoms with Gasteiger partial charge in [-0.3, -0.25) is 4.18 Å². The van der Waals surface area contributed by atoms with Gasteiger partial charge in [-0.1, -0.05) is 24.3 Å². The minimum Gasteiger partial charge on any atom is -0.486 e. The van der Waals surface area contributed by atoms with Crippen LogP contribution in [-0.2, 0) is 20.9 Å². The predicted octanol–water partition coefficient (Wildman–Crippen LogP) is 2.36. The molecular formula is C15H14O5S. The van der Waals surface area contributed by atoms with Gasteiger partial charge < -0.3 is 9.47 Å².